The number of hydrogen-bond donors (Lipinski definition) is 1. The SMILES string of the molecule is CC.CC1(c2ccc(-c3ccc(C4(C)c5ccccc5-c5ccccc54)cc3)cc2)c2ccccc2-c2ccccc21.c1ccc2c(c1)Cc1cc3c(cc1-2)[nH]c1ccccc13. The zero-order valence-corrected chi connectivity index (χ0v) is 35.8. The van der Waals surface area contributed by atoms with Gasteiger partial charge in [0, 0.05) is 32.6 Å². The molecule has 9 aromatic carbocycles. The van der Waals surface area contributed by atoms with Gasteiger partial charge in [0.1, 0.15) is 0 Å². The predicted octanol–water partition coefficient (Wildman–Crippen LogP) is 15.9. The van der Waals surface area contributed by atoms with Crippen molar-refractivity contribution in [3.63, 3.8) is 0 Å². The number of para-hydroxylation sites is 1. The summed E-state index contributed by atoms with van der Waals surface area (Å²) in [5.41, 5.74) is 23.9. The van der Waals surface area contributed by atoms with Crippen LogP contribution in [-0.2, 0) is 17.3 Å². The topological polar surface area (TPSA) is 15.8 Å². The Morgan fingerprint density at radius 3 is 1.23 bits per heavy atom. The number of fused-ring (bicyclic) bond motifs is 12. The maximum atomic E-state index is 3.54. The van der Waals surface area contributed by atoms with E-state index >= 15 is 0 Å². The molecule has 0 saturated heterocycles. The lowest BCUT2D eigenvalue weighted by atomic mass is 9.73. The Morgan fingerprint density at radius 1 is 0.339 bits per heavy atom. The van der Waals surface area contributed by atoms with Crippen LogP contribution >= 0.6 is 0 Å². The third-order valence-corrected chi connectivity index (χ3v) is 14.1. The Morgan fingerprint density at radius 2 is 0.742 bits per heavy atom. The van der Waals surface area contributed by atoms with Gasteiger partial charge in [0.05, 0.1) is 0 Å². The van der Waals surface area contributed by atoms with Crippen LogP contribution in [0.4, 0.5) is 0 Å². The molecule has 10 aromatic rings. The first-order valence-corrected chi connectivity index (χ1v) is 22.2. The van der Waals surface area contributed by atoms with Gasteiger partial charge in [-0.3, -0.25) is 0 Å². The van der Waals surface area contributed by atoms with Crippen LogP contribution in [0, 0.1) is 0 Å². The molecule has 0 spiro atoms. The third kappa shape index (κ3) is 5.61. The summed E-state index contributed by atoms with van der Waals surface area (Å²) in [5.74, 6) is 0. The Kier molecular flexibility index (Phi) is 8.98. The standard InChI is InChI=1S/C40H30.C19H13N.C2H6/c1-39(35-15-7-3-11-31(35)32-12-4-8-16-36(32)39)29-23-19-27(20-24-29)28-21-25-30(26-22-28)40(2)37-17-9-5-13-33(37)34-14-6-10-18-38(34)40;1-2-6-14-12(5-1)9-13-10-17-15-7-3-4-8-18(15)20-19(17)11-16(13)14;1-2/h3-26H,1-2H3;1-8,10-11,20H,9H2;1-2H3. The average molecular weight is 796 g/mol. The summed E-state index contributed by atoms with van der Waals surface area (Å²) in [6, 6.07) is 75.9. The van der Waals surface area contributed by atoms with Gasteiger partial charge >= 0.3 is 0 Å². The fourth-order valence-electron chi connectivity index (χ4n) is 11.0. The van der Waals surface area contributed by atoms with Gasteiger partial charge < -0.3 is 4.98 Å². The Hall–Kier alpha value is -7.22. The summed E-state index contributed by atoms with van der Waals surface area (Å²) in [6.07, 6.45) is 1.06. The van der Waals surface area contributed by atoms with Gasteiger partial charge in [-0.15, -0.1) is 0 Å². The molecule has 0 amide bonds. The van der Waals surface area contributed by atoms with E-state index in [9.17, 15) is 0 Å². The number of aromatic nitrogens is 1. The highest BCUT2D eigenvalue weighted by molar-refractivity contribution is 6.09. The van der Waals surface area contributed by atoms with Crippen LogP contribution in [0.5, 0.6) is 0 Å². The molecule has 0 saturated carbocycles. The average Bonchev–Trinajstić information content (AvgIpc) is 4.05. The van der Waals surface area contributed by atoms with Gasteiger partial charge in [0.2, 0.25) is 0 Å². The first-order valence-electron chi connectivity index (χ1n) is 22.2. The Labute approximate surface area is 365 Å². The molecule has 1 N–H and O–H groups in total. The number of H-pyrrole nitrogens is 1. The summed E-state index contributed by atoms with van der Waals surface area (Å²) < 4.78 is 0. The van der Waals surface area contributed by atoms with Crippen molar-refractivity contribution in [1.29, 1.82) is 0 Å². The maximum absolute atomic E-state index is 3.54. The smallest absolute Gasteiger partial charge is 0.0471 e. The summed E-state index contributed by atoms with van der Waals surface area (Å²) in [5, 5.41) is 2.66. The van der Waals surface area contributed by atoms with Crippen molar-refractivity contribution in [1.82, 2.24) is 4.98 Å². The molecule has 3 aliphatic rings. The normalized spacial score (nSPS) is 14.0. The summed E-state index contributed by atoms with van der Waals surface area (Å²) in [7, 11) is 0. The van der Waals surface area contributed by atoms with Gasteiger partial charge in [-0.2, -0.15) is 0 Å². The molecule has 0 aliphatic heterocycles. The molecule has 3 aliphatic carbocycles. The first kappa shape index (κ1) is 37.8. The molecular weight excluding hydrogens is 747 g/mol. The van der Waals surface area contributed by atoms with Crippen molar-refractivity contribution in [2.75, 3.05) is 0 Å². The lowest BCUT2D eigenvalue weighted by Gasteiger charge is -2.29. The van der Waals surface area contributed by atoms with Crippen LogP contribution in [0.3, 0.4) is 0 Å². The van der Waals surface area contributed by atoms with Gasteiger partial charge in [0.25, 0.3) is 0 Å². The van der Waals surface area contributed by atoms with Crippen LogP contribution < -0.4 is 0 Å². The van der Waals surface area contributed by atoms with E-state index in [0.717, 1.165) is 6.42 Å². The molecule has 1 aromatic heterocycles. The predicted molar refractivity (Wildman–Crippen MR) is 262 cm³/mol. The van der Waals surface area contributed by atoms with Crippen LogP contribution in [0.15, 0.2) is 206 Å². The van der Waals surface area contributed by atoms with E-state index in [-0.39, 0.29) is 10.8 Å². The molecule has 0 radical (unpaired) electrons. The fraction of sp³-hybridized carbons (Fsp3) is 0.115. The highest BCUT2D eigenvalue weighted by Gasteiger charge is 2.41. The highest BCUT2D eigenvalue weighted by atomic mass is 14.7. The van der Waals surface area contributed by atoms with E-state index in [2.05, 4.69) is 225 Å². The molecule has 1 nitrogen and oxygen atoms in total. The molecule has 298 valence electrons. The quantitative estimate of drug-likeness (QED) is 0.183. The largest absolute Gasteiger partial charge is 0.354 e. The summed E-state index contributed by atoms with van der Waals surface area (Å²) >= 11 is 0. The molecular formula is C61H49N. The minimum Gasteiger partial charge on any atom is -0.354 e. The fourth-order valence-corrected chi connectivity index (χ4v) is 11.0. The molecule has 0 bridgehead atoms. The molecule has 13 rings (SSSR count). The second-order valence-electron chi connectivity index (χ2n) is 17.1. The van der Waals surface area contributed by atoms with E-state index in [0.29, 0.717) is 0 Å². The van der Waals surface area contributed by atoms with Crippen molar-refractivity contribution >= 4 is 21.8 Å². The van der Waals surface area contributed by atoms with E-state index in [1.165, 1.54) is 111 Å². The second-order valence-corrected chi connectivity index (χ2v) is 17.1. The number of benzene rings is 9. The van der Waals surface area contributed by atoms with E-state index < -0.39 is 0 Å². The number of nitrogens with one attached hydrogen (secondary N) is 1. The van der Waals surface area contributed by atoms with Crippen molar-refractivity contribution in [2.45, 2.75) is 44.9 Å². The number of aromatic amines is 1. The zero-order valence-electron chi connectivity index (χ0n) is 35.8. The lowest BCUT2D eigenvalue weighted by Crippen LogP contribution is -2.22. The number of hydrogen-bond acceptors (Lipinski definition) is 0. The third-order valence-electron chi connectivity index (χ3n) is 14.1. The molecule has 0 atom stereocenters. The van der Waals surface area contributed by atoms with Crippen molar-refractivity contribution < 1.29 is 0 Å². The minimum atomic E-state index is -0.159. The summed E-state index contributed by atoms with van der Waals surface area (Å²) in [4.78, 5) is 3.54. The van der Waals surface area contributed by atoms with Crippen LogP contribution in [0.1, 0.15) is 72.2 Å². The van der Waals surface area contributed by atoms with Crippen LogP contribution in [0.25, 0.3) is 66.3 Å². The van der Waals surface area contributed by atoms with Gasteiger partial charge in [-0.05, 0) is 127 Å². The molecule has 0 unspecified atom stereocenters. The van der Waals surface area contributed by atoms with Crippen LogP contribution in [0.2, 0.25) is 0 Å². The molecule has 1 heterocycles. The molecule has 62 heavy (non-hydrogen) atoms. The van der Waals surface area contributed by atoms with Crippen LogP contribution in [-0.4, -0.2) is 4.98 Å². The van der Waals surface area contributed by atoms with Crippen molar-refractivity contribution in [3.05, 3.63) is 251 Å². The van der Waals surface area contributed by atoms with E-state index in [4.69, 9.17) is 0 Å². The van der Waals surface area contributed by atoms with Crippen molar-refractivity contribution in [2.24, 2.45) is 0 Å². The Balaban J connectivity index is 0.000000163. The zero-order chi connectivity index (χ0) is 42.0. The molecule has 1 heteroatoms. The Bertz CT molecular complexity index is 3070. The number of rotatable bonds is 3. The second kappa shape index (κ2) is 14.8. The van der Waals surface area contributed by atoms with Gasteiger partial charge in [-0.25, -0.2) is 0 Å². The summed E-state index contributed by atoms with van der Waals surface area (Å²) in [6.45, 7) is 8.75. The van der Waals surface area contributed by atoms with E-state index in [1.54, 1.807) is 0 Å². The van der Waals surface area contributed by atoms with Crippen molar-refractivity contribution in [3.8, 4) is 44.5 Å². The molecule has 0 fully saturated rings. The van der Waals surface area contributed by atoms with Gasteiger partial charge in [0.15, 0.2) is 0 Å². The highest BCUT2D eigenvalue weighted by Crippen LogP contribution is 2.54. The van der Waals surface area contributed by atoms with E-state index in [1.807, 2.05) is 13.8 Å². The van der Waals surface area contributed by atoms with Gasteiger partial charge in [-0.1, -0.05) is 202 Å². The monoisotopic (exact) mass is 795 g/mol. The lowest BCUT2D eigenvalue weighted by molar-refractivity contribution is 0.713. The minimum absolute atomic E-state index is 0.159. The first-order chi connectivity index (χ1) is 30.5. The maximum Gasteiger partial charge on any atom is 0.0471 e.